The highest BCUT2D eigenvalue weighted by Gasteiger charge is 2.52. The van der Waals surface area contributed by atoms with Crippen molar-refractivity contribution in [1.29, 1.82) is 5.26 Å². The average molecular weight is 703 g/mol. The highest BCUT2D eigenvalue weighted by Crippen LogP contribution is 2.61. The minimum Gasteiger partial charge on any atom is -0.463 e. The third kappa shape index (κ3) is 7.61. The van der Waals surface area contributed by atoms with Crippen LogP contribution in [-0.2, 0) is 43.1 Å². The molecule has 264 valence electrons. The average Bonchev–Trinajstić information content (AvgIpc) is 3.54. The fourth-order valence-electron chi connectivity index (χ4n) is 8.57. The molecule has 4 aliphatic carbocycles. The third-order valence-corrected chi connectivity index (χ3v) is 10.8. The largest absolute Gasteiger partial charge is 0.463 e. The Hall–Kier alpha value is -3.61. The van der Waals surface area contributed by atoms with E-state index in [2.05, 4.69) is 10.3 Å². The van der Waals surface area contributed by atoms with Gasteiger partial charge < -0.3 is 19.1 Å². The van der Waals surface area contributed by atoms with E-state index in [1.165, 1.54) is 44.6 Å². The molecule has 1 aromatic carbocycles. The van der Waals surface area contributed by atoms with Crippen LogP contribution < -0.4 is 4.90 Å². The molecule has 1 amide bonds. The SMILES string of the molecule is CC1(C)C(=O)N(c2ccc(C#N)c(C(F)(F)F)c2)C(=S)N1Cc1cn(CCOCCOCCOC(=O)CC23CC4CC(CC(C4)C2)C3)nn1. The fraction of sp³-hybridized carbons (Fsp3) is 0.647. The molecule has 1 aromatic heterocycles. The first kappa shape index (κ1) is 35.2. The van der Waals surface area contributed by atoms with Crippen molar-refractivity contribution in [2.45, 2.75) is 83.6 Å². The van der Waals surface area contributed by atoms with E-state index in [-0.39, 0.29) is 35.3 Å². The van der Waals surface area contributed by atoms with Crippen LogP contribution in [0.1, 0.15) is 75.6 Å². The Morgan fingerprint density at radius 2 is 1.67 bits per heavy atom. The molecule has 0 radical (unpaired) electrons. The van der Waals surface area contributed by atoms with Crippen LogP contribution in [-0.4, -0.2) is 75.5 Å². The topological polar surface area (TPSA) is 123 Å². The summed E-state index contributed by atoms with van der Waals surface area (Å²) in [5.74, 6) is 1.80. The summed E-state index contributed by atoms with van der Waals surface area (Å²) < 4.78 is 59.0. The lowest BCUT2D eigenvalue weighted by Crippen LogP contribution is -2.47. The van der Waals surface area contributed by atoms with Crippen LogP contribution in [0.5, 0.6) is 0 Å². The van der Waals surface area contributed by atoms with Gasteiger partial charge in [0.25, 0.3) is 5.91 Å². The van der Waals surface area contributed by atoms with E-state index >= 15 is 0 Å². The van der Waals surface area contributed by atoms with Crippen molar-refractivity contribution in [3.8, 4) is 6.07 Å². The molecule has 4 saturated carbocycles. The van der Waals surface area contributed by atoms with Crippen LogP contribution in [0.3, 0.4) is 0 Å². The zero-order chi connectivity index (χ0) is 35.0. The van der Waals surface area contributed by atoms with E-state index in [0.717, 1.165) is 34.8 Å². The maximum atomic E-state index is 13.6. The molecule has 2 heterocycles. The van der Waals surface area contributed by atoms with Gasteiger partial charge in [0.2, 0.25) is 0 Å². The van der Waals surface area contributed by atoms with E-state index in [9.17, 15) is 22.8 Å². The Labute approximate surface area is 288 Å². The maximum Gasteiger partial charge on any atom is 0.417 e. The summed E-state index contributed by atoms with van der Waals surface area (Å²) in [4.78, 5) is 28.5. The standard InChI is InChI=1S/C34H41F3N6O5S/c1-32(2)30(45)43(27-4-3-25(19-38)28(14-27)34(35,36)37)31(49)42(32)21-26-20-41(40-39-26)5-6-46-7-8-47-9-10-48-29(44)18-33-15-22-11-23(16-33)13-24(12-22)17-33/h3-4,14,20,22-24H,5-13,15-18,21H2,1-2H3. The number of hydrogen-bond acceptors (Lipinski definition) is 9. The number of benzene rings is 1. The molecule has 0 spiro atoms. The number of halogens is 3. The lowest BCUT2D eigenvalue weighted by molar-refractivity contribution is -0.153. The molecular weight excluding hydrogens is 661 g/mol. The fourth-order valence-corrected chi connectivity index (χ4v) is 9.05. The highest BCUT2D eigenvalue weighted by atomic mass is 32.1. The lowest BCUT2D eigenvalue weighted by atomic mass is 9.49. The van der Waals surface area contributed by atoms with Crippen LogP contribution in [0, 0.1) is 34.5 Å². The van der Waals surface area contributed by atoms with E-state index < -0.39 is 28.7 Å². The molecule has 2 aromatic rings. The predicted octanol–water partition coefficient (Wildman–Crippen LogP) is 5.26. The number of nitriles is 1. The van der Waals surface area contributed by atoms with Crippen molar-refractivity contribution in [2.24, 2.45) is 23.2 Å². The number of alkyl halides is 3. The summed E-state index contributed by atoms with van der Waals surface area (Å²) >= 11 is 5.55. The zero-order valence-corrected chi connectivity index (χ0v) is 28.5. The summed E-state index contributed by atoms with van der Waals surface area (Å²) in [6, 6.07) is 4.61. The van der Waals surface area contributed by atoms with E-state index in [1.54, 1.807) is 35.7 Å². The van der Waals surface area contributed by atoms with Gasteiger partial charge in [-0.05, 0) is 106 Å². The van der Waals surface area contributed by atoms with Crippen LogP contribution >= 0.6 is 12.2 Å². The number of esters is 1. The first-order valence-electron chi connectivity index (χ1n) is 16.8. The van der Waals surface area contributed by atoms with Gasteiger partial charge in [0.05, 0.1) is 75.0 Å². The summed E-state index contributed by atoms with van der Waals surface area (Å²) in [7, 11) is 0. The molecule has 7 rings (SSSR count). The van der Waals surface area contributed by atoms with Gasteiger partial charge >= 0.3 is 12.1 Å². The van der Waals surface area contributed by atoms with Crippen LogP contribution in [0.25, 0.3) is 0 Å². The van der Waals surface area contributed by atoms with Gasteiger partial charge in [-0.2, -0.15) is 18.4 Å². The number of nitrogens with zero attached hydrogens (tertiary/aromatic N) is 6. The van der Waals surface area contributed by atoms with Gasteiger partial charge in [0.1, 0.15) is 17.8 Å². The molecule has 1 aliphatic heterocycles. The van der Waals surface area contributed by atoms with Gasteiger partial charge in [-0.1, -0.05) is 5.21 Å². The van der Waals surface area contributed by atoms with Gasteiger partial charge in [0.15, 0.2) is 5.11 Å². The van der Waals surface area contributed by atoms with E-state index in [4.69, 9.17) is 31.7 Å². The number of rotatable bonds is 14. The second-order valence-corrected chi connectivity index (χ2v) is 14.8. The molecule has 4 bridgehead atoms. The van der Waals surface area contributed by atoms with Gasteiger partial charge in [0, 0.05) is 0 Å². The zero-order valence-electron chi connectivity index (χ0n) is 27.7. The molecule has 15 heteroatoms. The molecule has 11 nitrogen and oxygen atoms in total. The number of aromatic nitrogens is 3. The molecule has 5 aliphatic rings. The number of ether oxygens (including phenoxy) is 3. The Morgan fingerprint density at radius 1 is 1.04 bits per heavy atom. The van der Waals surface area contributed by atoms with Crippen molar-refractivity contribution < 1.29 is 37.0 Å². The Morgan fingerprint density at radius 3 is 2.31 bits per heavy atom. The number of carbonyl (C=O) groups is 2. The highest BCUT2D eigenvalue weighted by molar-refractivity contribution is 7.80. The second kappa shape index (κ2) is 14.0. The Bertz CT molecular complexity index is 1590. The maximum absolute atomic E-state index is 13.6. The molecule has 0 atom stereocenters. The molecular formula is C34H41F3N6O5S. The van der Waals surface area contributed by atoms with Crippen molar-refractivity contribution in [1.82, 2.24) is 19.9 Å². The normalized spacial score (nSPS) is 25.7. The lowest BCUT2D eigenvalue weighted by Gasteiger charge is -2.56. The summed E-state index contributed by atoms with van der Waals surface area (Å²) in [5.41, 5.74) is -2.26. The third-order valence-electron chi connectivity index (χ3n) is 10.4. The number of carbonyl (C=O) groups excluding carboxylic acids is 2. The minimum atomic E-state index is -4.78. The predicted molar refractivity (Wildman–Crippen MR) is 174 cm³/mol. The Balaban J connectivity index is 0.896. The molecule has 5 fully saturated rings. The monoisotopic (exact) mass is 702 g/mol. The summed E-state index contributed by atoms with van der Waals surface area (Å²) in [6.07, 6.45) is 5.04. The van der Waals surface area contributed by atoms with Crippen molar-refractivity contribution >= 4 is 34.9 Å². The number of amides is 1. The molecule has 0 unspecified atom stereocenters. The van der Waals surface area contributed by atoms with Crippen molar-refractivity contribution in [2.75, 3.05) is 37.9 Å². The van der Waals surface area contributed by atoms with E-state index in [0.29, 0.717) is 45.1 Å². The van der Waals surface area contributed by atoms with Crippen LogP contribution in [0.2, 0.25) is 0 Å². The number of thiocarbonyl (C=S) groups is 1. The smallest absolute Gasteiger partial charge is 0.417 e. The van der Waals surface area contributed by atoms with Crippen LogP contribution in [0.15, 0.2) is 24.4 Å². The van der Waals surface area contributed by atoms with Crippen LogP contribution in [0.4, 0.5) is 18.9 Å². The second-order valence-electron chi connectivity index (χ2n) is 14.4. The number of anilines is 1. The molecule has 0 N–H and O–H groups in total. The van der Waals surface area contributed by atoms with Crippen molar-refractivity contribution in [3.63, 3.8) is 0 Å². The molecule has 49 heavy (non-hydrogen) atoms. The number of hydrogen-bond donors (Lipinski definition) is 0. The van der Waals surface area contributed by atoms with E-state index in [1.807, 2.05) is 0 Å². The summed E-state index contributed by atoms with van der Waals surface area (Å²) in [5, 5.41) is 17.4. The quantitative estimate of drug-likeness (QED) is 0.146. The molecule has 1 saturated heterocycles. The van der Waals surface area contributed by atoms with Crippen molar-refractivity contribution in [3.05, 3.63) is 41.2 Å². The Kier molecular flexibility index (Phi) is 10.0. The minimum absolute atomic E-state index is 0.0168. The van der Waals surface area contributed by atoms with Gasteiger partial charge in [-0.25, -0.2) is 4.68 Å². The summed E-state index contributed by atoms with van der Waals surface area (Å²) in [6.45, 7) is 5.34. The van der Waals surface area contributed by atoms with Gasteiger partial charge in [-0.3, -0.25) is 14.5 Å². The van der Waals surface area contributed by atoms with Gasteiger partial charge in [-0.15, -0.1) is 5.10 Å². The first-order valence-corrected chi connectivity index (χ1v) is 17.2. The first-order chi connectivity index (χ1) is 23.3.